The molecule has 0 fully saturated rings. The van der Waals surface area contributed by atoms with E-state index < -0.39 is 0 Å². The predicted octanol–water partition coefficient (Wildman–Crippen LogP) is 4.92. The summed E-state index contributed by atoms with van der Waals surface area (Å²) in [6.07, 6.45) is 8.96. The van der Waals surface area contributed by atoms with E-state index in [1.807, 2.05) is 6.07 Å². The Morgan fingerprint density at radius 3 is 2.68 bits per heavy atom. The zero-order valence-electron chi connectivity index (χ0n) is 14.0. The highest BCUT2D eigenvalue weighted by molar-refractivity contribution is 5.43. The summed E-state index contributed by atoms with van der Waals surface area (Å²) in [5, 5.41) is 0. The Balaban J connectivity index is 2.18. The fourth-order valence-electron chi connectivity index (χ4n) is 2.88. The molecular weight excluding hydrogens is 276 g/mol. The number of methoxy groups -OCH3 is 1. The average Bonchev–Trinajstić information content (AvgIpc) is 2.54. The summed E-state index contributed by atoms with van der Waals surface area (Å²) < 4.78 is 16.7. The lowest BCUT2D eigenvalue weighted by Gasteiger charge is -2.27. The number of hydrogen-bond donors (Lipinski definition) is 0. The van der Waals surface area contributed by atoms with Gasteiger partial charge in [0, 0.05) is 13.2 Å². The second-order valence-electron chi connectivity index (χ2n) is 5.98. The van der Waals surface area contributed by atoms with Gasteiger partial charge in [-0.2, -0.15) is 0 Å². The summed E-state index contributed by atoms with van der Waals surface area (Å²) in [5.74, 6) is 2.90. The largest absolute Gasteiger partial charge is 0.493 e. The number of ether oxygens (including phenoxy) is 3. The van der Waals surface area contributed by atoms with Crippen LogP contribution in [0, 0.1) is 5.92 Å². The third-order valence-corrected chi connectivity index (χ3v) is 4.23. The highest BCUT2D eigenvalue weighted by Crippen LogP contribution is 2.40. The van der Waals surface area contributed by atoms with Crippen molar-refractivity contribution in [2.45, 2.75) is 45.4 Å². The van der Waals surface area contributed by atoms with Crippen LogP contribution in [0.25, 0.3) is 0 Å². The maximum atomic E-state index is 5.81. The molecule has 1 aliphatic carbocycles. The number of rotatable bonds is 8. The lowest BCUT2D eigenvalue weighted by atomic mass is 9.79. The third kappa shape index (κ3) is 4.51. The third-order valence-electron chi connectivity index (χ3n) is 4.23. The van der Waals surface area contributed by atoms with Crippen molar-refractivity contribution in [3.8, 4) is 11.5 Å². The first-order chi connectivity index (χ1) is 10.8. The minimum absolute atomic E-state index is 0.266. The van der Waals surface area contributed by atoms with Crippen LogP contribution in [-0.4, -0.2) is 20.5 Å². The van der Waals surface area contributed by atoms with Gasteiger partial charge in [-0.1, -0.05) is 38.5 Å². The van der Waals surface area contributed by atoms with Gasteiger partial charge in [0.05, 0.1) is 6.61 Å². The number of unbranched alkanes of at least 4 members (excludes halogenated alkanes) is 1. The Kier molecular flexibility index (Phi) is 6.78. The molecule has 0 saturated heterocycles. The molecule has 0 spiro atoms. The number of hydrogen-bond acceptors (Lipinski definition) is 3. The lowest BCUT2D eigenvalue weighted by Crippen LogP contribution is -2.14. The van der Waals surface area contributed by atoms with Crippen molar-refractivity contribution in [2.75, 3.05) is 20.5 Å². The van der Waals surface area contributed by atoms with Gasteiger partial charge in [-0.05, 0) is 42.7 Å². The van der Waals surface area contributed by atoms with Gasteiger partial charge in [0.2, 0.25) is 0 Å². The molecule has 22 heavy (non-hydrogen) atoms. The van der Waals surface area contributed by atoms with Crippen LogP contribution < -0.4 is 9.47 Å². The Bertz CT molecular complexity index is 482. The molecule has 0 bridgehead atoms. The van der Waals surface area contributed by atoms with Gasteiger partial charge in [0.1, 0.15) is 11.5 Å². The van der Waals surface area contributed by atoms with E-state index in [0.29, 0.717) is 11.8 Å². The lowest BCUT2D eigenvalue weighted by molar-refractivity contribution is 0.0497. The Labute approximate surface area is 134 Å². The van der Waals surface area contributed by atoms with Crippen LogP contribution >= 0.6 is 0 Å². The molecule has 3 heteroatoms. The van der Waals surface area contributed by atoms with Crippen LogP contribution in [-0.2, 0) is 4.74 Å². The van der Waals surface area contributed by atoms with Crippen molar-refractivity contribution >= 4 is 0 Å². The first kappa shape index (κ1) is 16.9. The van der Waals surface area contributed by atoms with E-state index in [1.165, 1.54) is 5.56 Å². The van der Waals surface area contributed by atoms with E-state index in [2.05, 4.69) is 38.1 Å². The van der Waals surface area contributed by atoms with E-state index in [0.717, 1.165) is 43.8 Å². The summed E-state index contributed by atoms with van der Waals surface area (Å²) >= 11 is 0. The summed E-state index contributed by atoms with van der Waals surface area (Å²) in [6, 6.07) is 6.23. The predicted molar refractivity (Wildman–Crippen MR) is 89.6 cm³/mol. The van der Waals surface area contributed by atoms with Crippen LogP contribution in [0.4, 0.5) is 0 Å². The fraction of sp³-hybridized carbons (Fsp3) is 0.579. The van der Waals surface area contributed by atoms with Crippen LogP contribution in [0.2, 0.25) is 0 Å². The van der Waals surface area contributed by atoms with Gasteiger partial charge in [-0.25, -0.2) is 0 Å². The van der Waals surface area contributed by atoms with Crippen LogP contribution in [0.3, 0.4) is 0 Å². The molecule has 2 rings (SSSR count). The molecule has 1 aromatic rings. The molecule has 0 saturated carbocycles. The maximum absolute atomic E-state index is 5.81. The van der Waals surface area contributed by atoms with Gasteiger partial charge in [0.25, 0.3) is 0 Å². The number of benzene rings is 1. The summed E-state index contributed by atoms with van der Waals surface area (Å²) in [7, 11) is 1.65. The van der Waals surface area contributed by atoms with Gasteiger partial charge >= 0.3 is 0 Å². The number of allylic oxidation sites excluding steroid dienone is 2. The molecule has 2 unspecified atom stereocenters. The fourth-order valence-corrected chi connectivity index (χ4v) is 2.88. The molecule has 122 valence electrons. The molecule has 0 radical (unpaired) electrons. The first-order valence-electron chi connectivity index (χ1n) is 8.29. The maximum Gasteiger partial charge on any atom is 0.188 e. The standard InChI is InChI=1S/C19H28O3/c1-4-5-12-21-16-10-11-18(19(13-16)22-14-20-3)17-9-7-6-8-15(17)2/h6-7,10-11,13,15,17H,4-5,8-9,12,14H2,1-3H3. The average molecular weight is 304 g/mol. The molecule has 0 aromatic heterocycles. The van der Waals surface area contributed by atoms with E-state index in [9.17, 15) is 0 Å². The SMILES string of the molecule is CCCCOc1ccc(C2CC=CCC2C)c(OCOC)c1. The van der Waals surface area contributed by atoms with Gasteiger partial charge in [0.15, 0.2) is 6.79 Å². The van der Waals surface area contributed by atoms with Crippen molar-refractivity contribution < 1.29 is 14.2 Å². The molecule has 1 aliphatic rings. The van der Waals surface area contributed by atoms with Crippen LogP contribution in [0.5, 0.6) is 11.5 Å². The zero-order valence-corrected chi connectivity index (χ0v) is 14.0. The molecule has 2 atom stereocenters. The van der Waals surface area contributed by atoms with Gasteiger partial charge < -0.3 is 14.2 Å². The van der Waals surface area contributed by atoms with Crippen molar-refractivity contribution in [3.63, 3.8) is 0 Å². The quantitative estimate of drug-likeness (QED) is 0.388. The van der Waals surface area contributed by atoms with Crippen molar-refractivity contribution in [2.24, 2.45) is 5.92 Å². The molecule has 1 aromatic carbocycles. The van der Waals surface area contributed by atoms with E-state index in [1.54, 1.807) is 7.11 Å². The highest BCUT2D eigenvalue weighted by atomic mass is 16.7. The molecule has 0 N–H and O–H groups in total. The van der Waals surface area contributed by atoms with Crippen molar-refractivity contribution in [1.29, 1.82) is 0 Å². The first-order valence-corrected chi connectivity index (χ1v) is 8.29. The second-order valence-corrected chi connectivity index (χ2v) is 5.98. The van der Waals surface area contributed by atoms with Crippen molar-refractivity contribution in [3.05, 3.63) is 35.9 Å². The highest BCUT2D eigenvalue weighted by Gasteiger charge is 2.23. The smallest absolute Gasteiger partial charge is 0.188 e. The Hall–Kier alpha value is -1.48. The Morgan fingerprint density at radius 1 is 1.14 bits per heavy atom. The molecule has 0 aliphatic heterocycles. The molecular formula is C19H28O3. The second kappa shape index (κ2) is 8.84. The van der Waals surface area contributed by atoms with E-state index in [-0.39, 0.29) is 6.79 Å². The van der Waals surface area contributed by atoms with Gasteiger partial charge in [-0.3, -0.25) is 0 Å². The normalized spacial score (nSPS) is 20.9. The van der Waals surface area contributed by atoms with E-state index in [4.69, 9.17) is 14.2 Å². The minimum Gasteiger partial charge on any atom is -0.493 e. The molecule has 0 amide bonds. The van der Waals surface area contributed by atoms with Crippen LogP contribution in [0.1, 0.15) is 51.0 Å². The molecule has 0 heterocycles. The topological polar surface area (TPSA) is 27.7 Å². The monoisotopic (exact) mass is 304 g/mol. The summed E-state index contributed by atoms with van der Waals surface area (Å²) in [5.41, 5.74) is 1.26. The van der Waals surface area contributed by atoms with Crippen LogP contribution in [0.15, 0.2) is 30.4 Å². The van der Waals surface area contributed by atoms with Gasteiger partial charge in [-0.15, -0.1) is 0 Å². The van der Waals surface area contributed by atoms with E-state index >= 15 is 0 Å². The summed E-state index contributed by atoms with van der Waals surface area (Å²) in [6.45, 7) is 5.49. The zero-order chi connectivity index (χ0) is 15.8. The van der Waals surface area contributed by atoms with Crippen molar-refractivity contribution in [1.82, 2.24) is 0 Å². The Morgan fingerprint density at radius 2 is 1.95 bits per heavy atom. The summed E-state index contributed by atoms with van der Waals surface area (Å²) in [4.78, 5) is 0. The molecule has 3 nitrogen and oxygen atoms in total. The minimum atomic E-state index is 0.266.